The van der Waals surface area contributed by atoms with Gasteiger partial charge in [0.1, 0.15) is 0 Å². The van der Waals surface area contributed by atoms with Crippen LogP contribution in [0.4, 0.5) is 0 Å². The Kier molecular flexibility index (Phi) is 6.01. The normalized spacial score (nSPS) is 30.3. The lowest BCUT2D eigenvalue weighted by Gasteiger charge is -2.34. The Labute approximate surface area is 114 Å². The van der Waals surface area contributed by atoms with Gasteiger partial charge in [-0.25, -0.2) is 0 Å². The van der Waals surface area contributed by atoms with E-state index in [0.717, 1.165) is 23.8 Å². The molecule has 106 valence electrons. The first-order valence-electron chi connectivity index (χ1n) is 8.50. The molecule has 0 bridgehead atoms. The number of unbranched alkanes of at least 4 members (excludes halogenated alkanes) is 1. The van der Waals surface area contributed by atoms with Crippen LogP contribution in [0.2, 0.25) is 0 Å². The summed E-state index contributed by atoms with van der Waals surface area (Å²) in [6, 6.07) is 0.817. The van der Waals surface area contributed by atoms with E-state index < -0.39 is 0 Å². The van der Waals surface area contributed by atoms with E-state index in [-0.39, 0.29) is 0 Å². The molecule has 0 saturated heterocycles. The first kappa shape index (κ1) is 14.4. The topological polar surface area (TPSA) is 12.0 Å². The van der Waals surface area contributed by atoms with Gasteiger partial charge in [-0.3, -0.25) is 0 Å². The van der Waals surface area contributed by atoms with E-state index in [2.05, 4.69) is 19.3 Å². The van der Waals surface area contributed by atoms with Gasteiger partial charge >= 0.3 is 0 Å². The van der Waals surface area contributed by atoms with Gasteiger partial charge < -0.3 is 5.32 Å². The maximum atomic E-state index is 3.61. The van der Waals surface area contributed by atoms with Crippen molar-refractivity contribution in [1.82, 2.24) is 5.32 Å². The molecular formula is C17H33N. The highest BCUT2D eigenvalue weighted by Gasteiger charge is 2.28. The Balaban J connectivity index is 1.65. The van der Waals surface area contributed by atoms with Crippen LogP contribution in [-0.4, -0.2) is 13.1 Å². The van der Waals surface area contributed by atoms with Crippen molar-refractivity contribution in [3.8, 4) is 0 Å². The van der Waals surface area contributed by atoms with Crippen LogP contribution in [-0.2, 0) is 0 Å². The summed E-state index contributed by atoms with van der Waals surface area (Å²) in [6.07, 6.45) is 16.3. The summed E-state index contributed by atoms with van der Waals surface area (Å²) in [4.78, 5) is 0. The van der Waals surface area contributed by atoms with Crippen molar-refractivity contribution < 1.29 is 0 Å². The molecule has 0 spiro atoms. The minimum absolute atomic E-state index is 0.817. The molecule has 2 fully saturated rings. The van der Waals surface area contributed by atoms with Gasteiger partial charge in [0.15, 0.2) is 0 Å². The van der Waals surface area contributed by atoms with Crippen molar-refractivity contribution in [3.05, 3.63) is 0 Å². The number of nitrogens with one attached hydrogen (secondary N) is 1. The summed E-state index contributed by atoms with van der Waals surface area (Å²) in [5.41, 5.74) is 0. The predicted molar refractivity (Wildman–Crippen MR) is 79.8 cm³/mol. The van der Waals surface area contributed by atoms with Gasteiger partial charge in [0, 0.05) is 6.04 Å². The lowest BCUT2D eigenvalue weighted by molar-refractivity contribution is 0.208. The van der Waals surface area contributed by atoms with E-state index in [1.54, 1.807) is 0 Å². The van der Waals surface area contributed by atoms with Gasteiger partial charge in [-0.15, -0.1) is 0 Å². The maximum absolute atomic E-state index is 3.61. The molecule has 1 atom stereocenters. The molecule has 2 rings (SSSR count). The fraction of sp³-hybridized carbons (Fsp3) is 1.00. The standard InChI is InChI=1S/C17H33N/c1-3-4-5-14-8-11-16(12-9-14)17(18-2)13-10-15-6-7-15/h14-18H,3-13H2,1-2H3. The maximum Gasteiger partial charge on any atom is 0.00924 e. The van der Waals surface area contributed by atoms with Crippen molar-refractivity contribution >= 4 is 0 Å². The van der Waals surface area contributed by atoms with Gasteiger partial charge in [-0.2, -0.15) is 0 Å². The second-order valence-electron chi connectivity index (χ2n) is 6.84. The average molecular weight is 251 g/mol. The monoisotopic (exact) mass is 251 g/mol. The molecule has 0 heterocycles. The van der Waals surface area contributed by atoms with Gasteiger partial charge in [-0.1, -0.05) is 51.9 Å². The SMILES string of the molecule is CCCCC1CCC(C(CCC2CC2)NC)CC1. The van der Waals surface area contributed by atoms with Crippen molar-refractivity contribution in [2.75, 3.05) is 7.05 Å². The summed E-state index contributed by atoms with van der Waals surface area (Å²) in [5.74, 6) is 3.13. The van der Waals surface area contributed by atoms with Crippen LogP contribution < -0.4 is 5.32 Å². The highest BCUT2D eigenvalue weighted by atomic mass is 14.9. The van der Waals surface area contributed by atoms with Crippen LogP contribution in [0.1, 0.15) is 77.6 Å². The lowest BCUT2D eigenvalue weighted by atomic mass is 9.76. The summed E-state index contributed by atoms with van der Waals surface area (Å²) in [5, 5.41) is 3.61. The van der Waals surface area contributed by atoms with E-state index in [0.29, 0.717) is 0 Å². The van der Waals surface area contributed by atoms with Crippen molar-refractivity contribution in [2.45, 2.75) is 83.6 Å². The molecule has 18 heavy (non-hydrogen) atoms. The van der Waals surface area contributed by atoms with Crippen LogP contribution in [0.3, 0.4) is 0 Å². The molecule has 1 heteroatoms. The first-order valence-corrected chi connectivity index (χ1v) is 8.50. The minimum Gasteiger partial charge on any atom is -0.317 e. The third kappa shape index (κ3) is 4.57. The Hall–Kier alpha value is -0.0400. The zero-order valence-corrected chi connectivity index (χ0v) is 12.6. The summed E-state index contributed by atoms with van der Waals surface area (Å²) >= 11 is 0. The minimum atomic E-state index is 0.817. The van der Waals surface area contributed by atoms with Gasteiger partial charge in [0.25, 0.3) is 0 Å². The molecule has 0 radical (unpaired) electrons. The largest absolute Gasteiger partial charge is 0.317 e. The van der Waals surface area contributed by atoms with Crippen LogP contribution in [0.25, 0.3) is 0 Å². The summed E-state index contributed by atoms with van der Waals surface area (Å²) in [6.45, 7) is 2.32. The van der Waals surface area contributed by atoms with E-state index in [4.69, 9.17) is 0 Å². The average Bonchev–Trinajstić information content (AvgIpc) is 3.22. The number of hydrogen-bond donors (Lipinski definition) is 1. The summed E-state index contributed by atoms with van der Waals surface area (Å²) < 4.78 is 0. The molecule has 1 N–H and O–H groups in total. The molecule has 0 amide bonds. The summed E-state index contributed by atoms with van der Waals surface area (Å²) in [7, 11) is 2.18. The molecule has 0 aromatic rings. The second kappa shape index (κ2) is 7.53. The zero-order chi connectivity index (χ0) is 12.8. The second-order valence-corrected chi connectivity index (χ2v) is 6.84. The number of rotatable bonds is 8. The quantitative estimate of drug-likeness (QED) is 0.656. The molecular weight excluding hydrogens is 218 g/mol. The molecule has 2 aliphatic rings. The van der Waals surface area contributed by atoms with Crippen LogP contribution in [0.15, 0.2) is 0 Å². The highest BCUT2D eigenvalue weighted by molar-refractivity contribution is 4.83. The van der Waals surface area contributed by atoms with E-state index in [1.165, 1.54) is 70.6 Å². The van der Waals surface area contributed by atoms with Crippen LogP contribution in [0, 0.1) is 17.8 Å². The van der Waals surface area contributed by atoms with Crippen molar-refractivity contribution in [3.63, 3.8) is 0 Å². The van der Waals surface area contributed by atoms with Crippen LogP contribution in [0.5, 0.6) is 0 Å². The molecule has 1 nitrogen and oxygen atoms in total. The molecule has 2 saturated carbocycles. The highest BCUT2D eigenvalue weighted by Crippen LogP contribution is 2.38. The smallest absolute Gasteiger partial charge is 0.00924 e. The molecule has 0 aliphatic heterocycles. The lowest BCUT2D eigenvalue weighted by Crippen LogP contribution is -2.36. The Morgan fingerprint density at radius 1 is 0.944 bits per heavy atom. The molecule has 1 unspecified atom stereocenters. The molecule has 0 aromatic carbocycles. The Bertz CT molecular complexity index is 214. The molecule has 2 aliphatic carbocycles. The van der Waals surface area contributed by atoms with Gasteiger partial charge in [0.2, 0.25) is 0 Å². The fourth-order valence-corrected chi connectivity index (χ4v) is 3.81. The van der Waals surface area contributed by atoms with E-state index >= 15 is 0 Å². The predicted octanol–water partition coefficient (Wildman–Crippen LogP) is 4.76. The Morgan fingerprint density at radius 3 is 2.11 bits per heavy atom. The first-order chi connectivity index (χ1) is 8.83. The Morgan fingerprint density at radius 2 is 1.56 bits per heavy atom. The van der Waals surface area contributed by atoms with E-state index in [1.807, 2.05) is 0 Å². The third-order valence-electron chi connectivity index (χ3n) is 5.38. The van der Waals surface area contributed by atoms with Gasteiger partial charge in [-0.05, 0) is 50.5 Å². The third-order valence-corrected chi connectivity index (χ3v) is 5.38. The zero-order valence-electron chi connectivity index (χ0n) is 12.6. The molecule has 0 aromatic heterocycles. The van der Waals surface area contributed by atoms with Crippen molar-refractivity contribution in [1.29, 1.82) is 0 Å². The number of hydrogen-bond acceptors (Lipinski definition) is 1. The van der Waals surface area contributed by atoms with E-state index in [9.17, 15) is 0 Å². The van der Waals surface area contributed by atoms with Gasteiger partial charge in [0.05, 0.1) is 0 Å². The van der Waals surface area contributed by atoms with Crippen molar-refractivity contribution in [2.24, 2.45) is 17.8 Å². The fourth-order valence-electron chi connectivity index (χ4n) is 3.81. The van der Waals surface area contributed by atoms with Crippen LogP contribution >= 0.6 is 0 Å².